The van der Waals surface area contributed by atoms with Gasteiger partial charge in [0, 0.05) is 29.0 Å². The minimum atomic E-state index is -0.486. The molecule has 0 saturated heterocycles. The molecule has 0 amide bonds. The molecule has 0 aliphatic carbocycles. The minimum Gasteiger partial charge on any atom is -0.461 e. The average Bonchev–Trinajstić information content (AvgIpc) is 2.69. The van der Waals surface area contributed by atoms with E-state index in [1.165, 1.54) is 6.07 Å². The Hall–Kier alpha value is -3.21. The molecule has 0 radical (unpaired) electrons. The lowest BCUT2D eigenvalue weighted by atomic mass is 9.95. The number of esters is 1. The van der Waals surface area contributed by atoms with E-state index in [9.17, 15) is 14.4 Å². The SMILES string of the molecule is Cc1ccc(C(=O)CCC(=O)OCc2cc(=O)oc3cc(C)c(C(C)C)cc23)cc1. The number of fused-ring (bicyclic) bond motifs is 1. The molecule has 0 atom stereocenters. The number of hydrogen-bond donors (Lipinski definition) is 0. The zero-order valence-corrected chi connectivity index (χ0v) is 17.8. The molecule has 3 aromatic rings. The molecule has 5 heteroatoms. The van der Waals surface area contributed by atoms with Crippen LogP contribution in [0.2, 0.25) is 0 Å². The van der Waals surface area contributed by atoms with Crippen LogP contribution in [-0.2, 0) is 16.1 Å². The number of hydrogen-bond acceptors (Lipinski definition) is 5. The summed E-state index contributed by atoms with van der Waals surface area (Å²) in [4.78, 5) is 36.3. The fourth-order valence-electron chi connectivity index (χ4n) is 3.46. The maximum Gasteiger partial charge on any atom is 0.336 e. The Morgan fingerprint density at radius 1 is 1.00 bits per heavy atom. The Kier molecular flexibility index (Phi) is 6.50. The first-order valence-corrected chi connectivity index (χ1v) is 10.1. The summed E-state index contributed by atoms with van der Waals surface area (Å²) in [5.74, 6) is -0.271. The van der Waals surface area contributed by atoms with Crippen molar-refractivity contribution >= 4 is 22.7 Å². The van der Waals surface area contributed by atoms with Crippen LogP contribution >= 0.6 is 0 Å². The molecule has 0 N–H and O–H groups in total. The first kappa shape index (κ1) is 21.5. The minimum absolute atomic E-state index is 0.0115. The number of carbonyl (C=O) groups is 2. The van der Waals surface area contributed by atoms with Crippen molar-refractivity contribution in [1.29, 1.82) is 0 Å². The molecule has 1 aromatic heterocycles. The highest BCUT2D eigenvalue weighted by atomic mass is 16.5. The highest BCUT2D eigenvalue weighted by Gasteiger charge is 2.14. The summed E-state index contributed by atoms with van der Waals surface area (Å²) in [6.45, 7) is 8.08. The van der Waals surface area contributed by atoms with Crippen molar-refractivity contribution in [2.24, 2.45) is 0 Å². The van der Waals surface area contributed by atoms with E-state index in [1.54, 1.807) is 12.1 Å². The number of rotatable bonds is 7. The van der Waals surface area contributed by atoms with Crippen molar-refractivity contribution in [3.63, 3.8) is 0 Å². The second kappa shape index (κ2) is 9.08. The predicted molar refractivity (Wildman–Crippen MR) is 116 cm³/mol. The molecular weight excluding hydrogens is 380 g/mol. The molecule has 2 aromatic carbocycles. The van der Waals surface area contributed by atoms with E-state index in [4.69, 9.17) is 9.15 Å². The largest absolute Gasteiger partial charge is 0.461 e. The molecule has 1 heterocycles. The molecule has 0 saturated carbocycles. The topological polar surface area (TPSA) is 73.6 Å². The van der Waals surface area contributed by atoms with Gasteiger partial charge in [-0.2, -0.15) is 0 Å². The van der Waals surface area contributed by atoms with Crippen LogP contribution in [0, 0.1) is 13.8 Å². The summed E-state index contributed by atoms with van der Waals surface area (Å²) in [5, 5.41) is 0.757. The van der Waals surface area contributed by atoms with Crippen LogP contribution in [0.1, 0.15) is 65.2 Å². The third kappa shape index (κ3) is 5.03. The molecular formula is C25H26O5. The van der Waals surface area contributed by atoms with Gasteiger partial charge in [-0.25, -0.2) is 4.79 Å². The Morgan fingerprint density at radius 3 is 2.37 bits per heavy atom. The quantitative estimate of drug-likeness (QED) is 0.305. The van der Waals surface area contributed by atoms with Gasteiger partial charge in [0.2, 0.25) is 0 Å². The molecule has 156 valence electrons. The van der Waals surface area contributed by atoms with Crippen LogP contribution in [0.3, 0.4) is 0 Å². The van der Waals surface area contributed by atoms with Gasteiger partial charge in [0.05, 0.1) is 6.42 Å². The fraction of sp³-hybridized carbons (Fsp3) is 0.320. The predicted octanol–water partition coefficient (Wildman–Crippen LogP) is 5.24. The second-order valence-corrected chi connectivity index (χ2v) is 7.90. The molecule has 30 heavy (non-hydrogen) atoms. The van der Waals surface area contributed by atoms with Crippen LogP contribution in [0.4, 0.5) is 0 Å². The van der Waals surface area contributed by atoms with Gasteiger partial charge in [0.1, 0.15) is 12.2 Å². The molecule has 0 bridgehead atoms. The van der Waals surface area contributed by atoms with Gasteiger partial charge in [0.15, 0.2) is 5.78 Å². The standard InChI is InChI=1S/C25H26O5/c1-15(2)20-13-21-19(12-25(28)30-23(21)11-17(20)4)14-29-24(27)10-9-22(26)18-7-5-16(3)6-8-18/h5-8,11-13,15H,9-10,14H2,1-4H3. The van der Waals surface area contributed by atoms with Crippen LogP contribution in [-0.4, -0.2) is 11.8 Å². The van der Waals surface area contributed by atoms with Crippen molar-refractivity contribution < 1.29 is 18.7 Å². The average molecular weight is 406 g/mol. The highest BCUT2D eigenvalue weighted by Crippen LogP contribution is 2.27. The summed E-state index contributed by atoms with van der Waals surface area (Å²) < 4.78 is 10.7. The summed E-state index contributed by atoms with van der Waals surface area (Å²) >= 11 is 0. The van der Waals surface area contributed by atoms with E-state index in [0.717, 1.165) is 22.1 Å². The zero-order valence-electron chi connectivity index (χ0n) is 17.8. The van der Waals surface area contributed by atoms with Crippen LogP contribution < -0.4 is 5.63 Å². The smallest absolute Gasteiger partial charge is 0.336 e. The van der Waals surface area contributed by atoms with Gasteiger partial charge in [-0.05, 0) is 43.0 Å². The van der Waals surface area contributed by atoms with Crippen molar-refractivity contribution in [2.45, 2.75) is 53.1 Å². The first-order chi connectivity index (χ1) is 14.2. The van der Waals surface area contributed by atoms with Gasteiger partial charge in [-0.1, -0.05) is 43.7 Å². The van der Waals surface area contributed by atoms with E-state index < -0.39 is 11.6 Å². The summed E-state index contributed by atoms with van der Waals surface area (Å²) in [5.41, 5.74) is 4.43. The number of ketones is 1. The van der Waals surface area contributed by atoms with Crippen LogP contribution in [0.5, 0.6) is 0 Å². The van der Waals surface area contributed by atoms with Crippen molar-refractivity contribution in [3.8, 4) is 0 Å². The number of ether oxygens (including phenoxy) is 1. The lowest BCUT2D eigenvalue weighted by molar-refractivity contribution is -0.144. The second-order valence-electron chi connectivity index (χ2n) is 7.90. The Morgan fingerprint density at radius 2 is 1.70 bits per heavy atom. The maximum absolute atomic E-state index is 12.2. The van der Waals surface area contributed by atoms with E-state index in [0.29, 0.717) is 22.6 Å². The van der Waals surface area contributed by atoms with Crippen molar-refractivity contribution in [3.05, 3.63) is 80.7 Å². The highest BCUT2D eigenvalue weighted by molar-refractivity contribution is 5.97. The molecule has 0 unspecified atom stereocenters. The number of aryl methyl sites for hydroxylation is 2. The molecule has 0 aliphatic rings. The van der Waals surface area contributed by atoms with Crippen molar-refractivity contribution in [2.75, 3.05) is 0 Å². The first-order valence-electron chi connectivity index (χ1n) is 10.1. The zero-order chi connectivity index (χ0) is 21.8. The Bertz CT molecular complexity index is 1140. The van der Waals surface area contributed by atoms with Gasteiger partial charge < -0.3 is 9.15 Å². The number of benzene rings is 2. The summed E-state index contributed by atoms with van der Waals surface area (Å²) in [6.07, 6.45) is 0.0682. The van der Waals surface area contributed by atoms with Gasteiger partial charge in [0.25, 0.3) is 0 Å². The molecule has 0 spiro atoms. The normalized spacial score (nSPS) is 11.1. The Labute approximate surface area is 175 Å². The lowest BCUT2D eigenvalue weighted by Crippen LogP contribution is -2.10. The fourth-order valence-corrected chi connectivity index (χ4v) is 3.46. The van der Waals surface area contributed by atoms with Gasteiger partial charge in [-0.3, -0.25) is 9.59 Å². The van der Waals surface area contributed by atoms with Crippen LogP contribution in [0.25, 0.3) is 11.0 Å². The van der Waals surface area contributed by atoms with E-state index in [1.807, 2.05) is 38.1 Å². The summed E-state index contributed by atoms with van der Waals surface area (Å²) in [6, 6.07) is 12.4. The maximum atomic E-state index is 12.2. The lowest BCUT2D eigenvalue weighted by Gasteiger charge is -2.13. The van der Waals surface area contributed by atoms with E-state index in [2.05, 4.69) is 13.8 Å². The molecule has 0 fully saturated rings. The third-order valence-electron chi connectivity index (χ3n) is 5.16. The van der Waals surface area contributed by atoms with Gasteiger partial charge in [-0.15, -0.1) is 0 Å². The molecule has 3 rings (SSSR count). The monoisotopic (exact) mass is 406 g/mol. The number of carbonyl (C=O) groups excluding carboxylic acids is 2. The number of Topliss-reactive ketones (excluding diaryl/α,β-unsaturated/α-hetero) is 1. The third-order valence-corrected chi connectivity index (χ3v) is 5.16. The molecule has 5 nitrogen and oxygen atoms in total. The van der Waals surface area contributed by atoms with E-state index >= 15 is 0 Å². The Balaban J connectivity index is 1.69. The van der Waals surface area contributed by atoms with Gasteiger partial charge >= 0.3 is 11.6 Å². The van der Waals surface area contributed by atoms with E-state index in [-0.39, 0.29) is 25.2 Å². The van der Waals surface area contributed by atoms with Crippen molar-refractivity contribution in [1.82, 2.24) is 0 Å². The van der Waals surface area contributed by atoms with Crippen LogP contribution in [0.15, 0.2) is 51.7 Å². The summed E-state index contributed by atoms with van der Waals surface area (Å²) in [7, 11) is 0. The molecule has 0 aliphatic heterocycles.